The molecule has 0 aliphatic heterocycles. The first-order chi connectivity index (χ1) is 4.46. The van der Waals surface area contributed by atoms with Gasteiger partial charge in [-0.2, -0.15) is 0 Å². The lowest BCUT2D eigenvalue weighted by atomic mass is 10.1. The van der Waals surface area contributed by atoms with Crippen molar-refractivity contribution in [1.82, 2.24) is 4.90 Å². The summed E-state index contributed by atoms with van der Waals surface area (Å²) in [6.07, 6.45) is 0. The Balaban J connectivity index is 3.94. The maximum absolute atomic E-state index is 10.8. The van der Waals surface area contributed by atoms with Crippen LogP contribution in [0.2, 0.25) is 0 Å². The first-order valence-electron chi connectivity index (χ1n) is 3.70. The third kappa shape index (κ3) is 2.38. The Morgan fingerprint density at radius 1 is 1.30 bits per heavy atom. The van der Waals surface area contributed by atoms with Crippen LogP contribution in [-0.4, -0.2) is 23.9 Å². The van der Waals surface area contributed by atoms with Gasteiger partial charge in [0.15, 0.2) is 0 Å². The lowest BCUT2D eigenvalue weighted by Crippen LogP contribution is -2.36. The van der Waals surface area contributed by atoms with Gasteiger partial charge in [-0.3, -0.25) is 4.79 Å². The normalized spacial score (nSPS) is 13.4. The summed E-state index contributed by atoms with van der Waals surface area (Å²) in [5, 5.41) is 0. The van der Waals surface area contributed by atoms with Crippen molar-refractivity contribution in [2.24, 2.45) is 5.92 Å². The summed E-state index contributed by atoms with van der Waals surface area (Å²) in [6.45, 7) is 7.89. The van der Waals surface area contributed by atoms with Gasteiger partial charge in [0.25, 0.3) is 0 Å². The lowest BCUT2D eigenvalue weighted by Gasteiger charge is -2.26. The molecule has 2 nitrogen and oxygen atoms in total. The number of hydrogen-bond donors (Lipinski definition) is 0. The van der Waals surface area contributed by atoms with Crippen molar-refractivity contribution in [3.8, 4) is 0 Å². The summed E-state index contributed by atoms with van der Waals surface area (Å²) in [4.78, 5) is 12.6. The maximum Gasteiger partial charge on any atom is 0.219 e. The summed E-state index contributed by atoms with van der Waals surface area (Å²) < 4.78 is 0. The van der Waals surface area contributed by atoms with E-state index in [0.29, 0.717) is 12.0 Å². The van der Waals surface area contributed by atoms with E-state index >= 15 is 0 Å². The van der Waals surface area contributed by atoms with Crippen molar-refractivity contribution < 1.29 is 4.79 Å². The molecule has 0 fully saturated rings. The second-order valence-electron chi connectivity index (χ2n) is 3.11. The van der Waals surface area contributed by atoms with E-state index in [1.807, 2.05) is 7.05 Å². The highest BCUT2D eigenvalue weighted by molar-refractivity contribution is 5.73. The number of amides is 1. The Bertz CT molecular complexity index is 120. The molecular weight excluding hydrogens is 126 g/mol. The predicted molar refractivity (Wildman–Crippen MR) is 42.7 cm³/mol. The Morgan fingerprint density at radius 2 is 1.70 bits per heavy atom. The lowest BCUT2D eigenvalue weighted by molar-refractivity contribution is -0.130. The first-order valence-corrected chi connectivity index (χ1v) is 3.70. The molecule has 0 aliphatic rings. The van der Waals surface area contributed by atoms with Gasteiger partial charge >= 0.3 is 0 Å². The van der Waals surface area contributed by atoms with Gasteiger partial charge in [0.2, 0.25) is 5.91 Å². The molecule has 60 valence electrons. The number of hydrogen-bond acceptors (Lipinski definition) is 1. The molecule has 0 saturated carbocycles. The quantitative estimate of drug-likeness (QED) is 0.573. The van der Waals surface area contributed by atoms with Crippen LogP contribution in [-0.2, 0) is 4.79 Å². The molecule has 0 saturated heterocycles. The predicted octanol–water partition coefficient (Wildman–Crippen LogP) is 1.51. The van der Waals surface area contributed by atoms with E-state index in [-0.39, 0.29) is 5.91 Å². The minimum Gasteiger partial charge on any atom is -0.343 e. The Morgan fingerprint density at radius 3 is 1.80 bits per heavy atom. The van der Waals surface area contributed by atoms with Crippen LogP contribution in [0.15, 0.2) is 0 Å². The fourth-order valence-corrected chi connectivity index (χ4v) is 0.734. The second-order valence-corrected chi connectivity index (χ2v) is 3.11. The van der Waals surface area contributed by atoms with E-state index in [1.54, 1.807) is 11.8 Å². The van der Waals surface area contributed by atoms with E-state index in [1.165, 1.54) is 0 Å². The van der Waals surface area contributed by atoms with Gasteiger partial charge in [0.05, 0.1) is 0 Å². The van der Waals surface area contributed by atoms with Crippen molar-refractivity contribution in [3.05, 3.63) is 0 Å². The topological polar surface area (TPSA) is 20.3 Å². The van der Waals surface area contributed by atoms with Crippen LogP contribution < -0.4 is 0 Å². The molecular formula is C8H17NO. The Labute approximate surface area is 63.2 Å². The SMILES string of the molecule is CC(=O)N(C)[C@@H](C)C(C)C. The van der Waals surface area contributed by atoms with Crippen LogP contribution in [0.25, 0.3) is 0 Å². The molecule has 0 spiro atoms. The standard InChI is InChI=1S/C8H17NO/c1-6(2)7(3)9(5)8(4)10/h6-7H,1-5H3/t7-/m0/s1. The van der Waals surface area contributed by atoms with E-state index in [4.69, 9.17) is 0 Å². The van der Waals surface area contributed by atoms with Crippen molar-refractivity contribution >= 4 is 5.91 Å². The molecule has 1 atom stereocenters. The van der Waals surface area contributed by atoms with Crippen molar-refractivity contribution in [3.63, 3.8) is 0 Å². The molecule has 0 aromatic rings. The zero-order chi connectivity index (χ0) is 8.31. The van der Waals surface area contributed by atoms with Gasteiger partial charge in [-0.1, -0.05) is 13.8 Å². The van der Waals surface area contributed by atoms with E-state index in [9.17, 15) is 4.79 Å². The second kappa shape index (κ2) is 3.59. The summed E-state index contributed by atoms with van der Waals surface area (Å²) in [5.74, 6) is 0.676. The fraction of sp³-hybridized carbons (Fsp3) is 0.875. The zero-order valence-electron chi connectivity index (χ0n) is 7.51. The molecule has 0 unspecified atom stereocenters. The van der Waals surface area contributed by atoms with Crippen LogP contribution in [0.3, 0.4) is 0 Å². The van der Waals surface area contributed by atoms with Crippen LogP contribution in [0, 0.1) is 5.92 Å². The van der Waals surface area contributed by atoms with Gasteiger partial charge in [0, 0.05) is 20.0 Å². The minimum absolute atomic E-state index is 0.140. The Hall–Kier alpha value is -0.530. The zero-order valence-corrected chi connectivity index (χ0v) is 7.51. The summed E-state index contributed by atoms with van der Waals surface area (Å²) in [6, 6.07) is 0.345. The van der Waals surface area contributed by atoms with E-state index in [0.717, 1.165) is 0 Å². The molecule has 0 bridgehead atoms. The van der Waals surface area contributed by atoms with E-state index in [2.05, 4.69) is 20.8 Å². The van der Waals surface area contributed by atoms with Gasteiger partial charge < -0.3 is 4.90 Å². The van der Waals surface area contributed by atoms with Crippen LogP contribution in [0.1, 0.15) is 27.7 Å². The number of carbonyl (C=O) groups excluding carboxylic acids is 1. The molecule has 0 radical (unpaired) electrons. The third-order valence-corrected chi connectivity index (χ3v) is 2.07. The average Bonchev–Trinajstić information content (AvgIpc) is 1.84. The highest BCUT2D eigenvalue weighted by atomic mass is 16.2. The van der Waals surface area contributed by atoms with Crippen LogP contribution >= 0.6 is 0 Å². The molecule has 10 heavy (non-hydrogen) atoms. The third-order valence-electron chi connectivity index (χ3n) is 2.07. The minimum atomic E-state index is 0.140. The van der Waals surface area contributed by atoms with Crippen LogP contribution in [0.5, 0.6) is 0 Å². The molecule has 1 amide bonds. The smallest absolute Gasteiger partial charge is 0.219 e. The summed E-state index contributed by atoms with van der Waals surface area (Å²) >= 11 is 0. The molecule has 0 rings (SSSR count). The summed E-state index contributed by atoms with van der Waals surface area (Å²) in [7, 11) is 1.84. The molecule has 2 heteroatoms. The average molecular weight is 143 g/mol. The van der Waals surface area contributed by atoms with Crippen molar-refractivity contribution in [1.29, 1.82) is 0 Å². The maximum atomic E-state index is 10.8. The number of carbonyl (C=O) groups is 1. The largest absolute Gasteiger partial charge is 0.343 e. The van der Waals surface area contributed by atoms with Crippen molar-refractivity contribution in [2.75, 3.05) is 7.05 Å². The molecule has 0 aromatic heterocycles. The highest BCUT2D eigenvalue weighted by Gasteiger charge is 2.14. The number of rotatable bonds is 2. The van der Waals surface area contributed by atoms with Gasteiger partial charge in [-0.15, -0.1) is 0 Å². The van der Waals surface area contributed by atoms with Crippen LogP contribution in [0.4, 0.5) is 0 Å². The van der Waals surface area contributed by atoms with E-state index < -0.39 is 0 Å². The molecule has 0 aromatic carbocycles. The van der Waals surface area contributed by atoms with Gasteiger partial charge in [-0.05, 0) is 12.8 Å². The molecule has 0 heterocycles. The highest BCUT2D eigenvalue weighted by Crippen LogP contribution is 2.07. The summed E-state index contributed by atoms with van der Waals surface area (Å²) in [5.41, 5.74) is 0. The first kappa shape index (κ1) is 9.47. The monoisotopic (exact) mass is 143 g/mol. The number of nitrogens with zero attached hydrogens (tertiary/aromatic N) is 1. The van der Waals surface area contributed by atoms with Crippen molar-refractivity contribution in [2.45, 2.75) is 33.7 Å². The Kier molecular flexibility index (Phi) is 3.40. The fourth-order valence-electron chi connectivity index (χ4n) is 0.734. The van der Waals surface area contributed by atoms with Gasteiger partial charge in [0.1, 0.15) is 0 Å². The molecule has 0 aliphatic carbocycles. The van der Waals surface area contributed by atoms with Gasteiger partial charge in [-0.25, -0.2) is 0 Å². The molecule has 0 N–H and O–H groups in total.